The van der Waals surface area contributed by atoms with E-state index in [1.54, 1.807) is 12.1 Å². The Balaban J connectivity index is 1.57. The summed E-state index contributed by atoms with van der Waals surface area (Å²) in [5, 5.41) is 18.5. The number of likely N-dealkylation sites (tertiary alicyclic amines) is 1. The van der Waals surface area contributed by atoms with Gasteiger partial charge in [-0.05, 0) is 79.6 Å². The van der Waals surface area contributed by atoms with Crippen LogP contribution in [0.5, 0.6) is 5.75 Å². The third kappa shape index (κ3) is 4.14. The average Bonchev–Trinajstić information content (AvgIpc) is 3.72. The highest BCUT2D eigenvalue weighted by Crippen LogP contribution is 2.42. The van der Waals surface area contributed by atoms with Crippen LogP contribution in [0.25, 0.3) is 16.5 Å². The van der Waals surface area contributed by atoms with Gasteiger partial charge in [0.15, 0.2) is 0 Å². The molecule has 36 heavy (non-hydrogen) atoms. The molecule has 1 saturated carbocycles. The van der Waals surface area contributed by atoms with Crippen LogP contribution in [0.3, 0.4) is 0 Å². The summed E-state index contributed by atoms with van der Waals surface area (Å²) >= 11 is 0. The highest BCUT2D eigenvalue weighted by atomic mass is 19.1. The smallest absolute Gasteiger partial charge is 0.141 e. The minimum Gasteiger partial charge on any atom is -0.508 e. The second kappa shape index (κ2) is 9.30. The average molecular weight is 496 g/mol. The summed E-state index contributed by atoms with van der Waals surface area (Å²) in [7, 11) is 1.99. The van der Waals surface area contributed by atoms with Gasteiger partial charge in [-0.25, -0.2) is 8.78 Å². The molecule has 192 valence electrons. The van der Waals surface area contributed by atoms with Gasteiger partial charge < -0.3 is 26.4 Å². The molecule has 4 heterocycles. The van der Waals surface area contributed by atoms with Crippen LogP contribution in [0.4, 0.5) is 8.78 Å². The van der Waals surface area contributed by atoms with Crippen molar-refractivity contribution in [3.63, 3.8) is 0 Å². The van der Waals surface area contributed by atoms with Gasteiger partial charge in [0.1, 0.15) is 23.2 Å². The number of aliphatic imine (C=N–C) groups is 1. The maximum Gasteiger partial charge on any atom is 0.141 e. The Morgan fingerprint density at radius 3 is 2.78 bits per heavy atom. The third-order valence-corrected chi connectivity index (χ3v) is 8.50. The largest absolute Gasteiger partial charge is 0.508 e. The number of nitrogens with two attached hydrogens (primary N) is 1. The number of amidine groups is 1. The Kier molecular flexibility index (Phi) is 6.12. The van der Waals surface area contributed by atoms with Gasteiger partial charge >= 0.3 is 0 Å². The fraction of sp³-hybridized carbons (Fsp3) is 0.536. The summed E-state index contributed by atoms with van der Waals surface area (Å²) in [6, 6.07) is 5.59. The topological polar surface area (TPSA) is 85.9 Å². The number of hydrogen-bond donors (Lipinski definition) is 4. The fourth-order valence-corrected chi connectivity index (χ4v) is 6.31. The molecule has 0 radical (unpaired) electrons. The molecule has 5 N–H and O–H groups in total. The first-order valence-electron chi connectivity index (χ1n) is 13.3. The first-order valence-corrected chi connectivity index (χ1v) is 13.3. The van der Waals surface area contributed by atoms with Crippen LogP contribution in [-0.4, -0.2) is 60.6 Å². The minimum atomic E-state index is -0.872. The Hall–Kier alpha value is -2.71. The van der Waals surface area contributed by atoms with Gasteiger partial charge in [-0.2, -0.15) is 0 Å². The summed E-state index contributed by atoms with van der Waals surface area (Å²) in [5.74, 6) is 0.132. The maximum atomic E-state index is 16.1. The van der Waals surface area contributed by atoms with E-state index < -0.39 is 11.9 Å². The monoisotopic (exact) mass is 495 g/mol. The molecule has 6 nitrogen and oxygen atoms in total. The van der Waals surface area contributed by atoms with Gasteiger partial charge in [0.25, 0.3) is 0 Å². The predicted octanol–water partition coefficient (Wildman–Crippen LogP) is 3.68. The van der Waals surface area contributed by atoms with Crippen LogP contribution in [0, 0.1) is 17.7 Å². The van der Waals surface area contributed by atoms with Gasteiger partial charge in [-0.3, -0.25) is 4.99 Å². The van der Waals surface area contributed by atoms with Crippen molar-refractivity contribution in [1.82, 2.24) is 15.5 Å². The Labute approximate surface area is 210 Å². The highest BCUT2D eigenvalue weighted by Gasteiger charge is 2.40. The summed E-state index contributed by atoms with van der Waals surface area (Å²) in [4.78, 5) is 7.65. The Morgan fingerprint density at radius 1 is 1.17 bits per heavy atom. The molecule has 4 aliphatic heterocycles. The first-order chi connectivity index (χ1) is 17.4. The predicted molar refractivity (Wildman–Crippen MR) is 139 cm³/mol. The van der Waals surface area contributed by atoms with Crippen LogP contribution in [0.1, 0.15) is 43.2 Å². The number of benzene rings is 2. The van der Waals surface area contributed by atoms with E-state index in [2.05, 4.69) is 15.5 Å². The highest BCUT2D eigenvalue weighted by molar-refractivity contribution is 5.98. The van der Waals surface area contributed by atoms with Crippen LogP contribution in [-0.2, 0) is 6.42 Å². The van der Waals surface area contributed by atoms with Crippen molar-refractivity contribution < 1.29 is 13.9 Å². The van der Waals surface area contributed by atoms with Crippen molar-refractivity contribution in [2.45, 2.75) is 56.7 Å². The Morgan fingerprint density at radius 2 is 2.00 bits per heavy atom. The van der Waals surface area contributed by atoms with Crippen molar-refractivity contribution in [3.8, 4) is 5.75 Å². The molecular weight excluding hydrogens is 460 g/mol. The van der Waals surface area contributed by atoms with Crippen molar-refractivity contribution in [2.24, 2.45) is 22.6 Å². The third-order valence-electron chi connectivity index (χ3n) is 8.50. The summed E-state index contributed by atoms with van der Waals surface area (Å²) < 4.78 is 31.5. The lowest BCUT2D eigenvalue weighted by molar-refractivity contribution is 0.341. The second-order valence-corrected chi connectivity index (χ2v) is 10.9. The quantitative estimate of drug-likeness (QED) is 0.511. The van der Waals surface area contributed by atoms with E-state index in [-0.39, 0.29) is 29.2 Å². The normalized spacial score (nSPS) is 30.4. The molecule has 2 fully saturated rings. The molecule has 0 amide bonds. The Bertz CT molecular complexity index is 1240. The number of hydrogen-bond acceptors (Lipinski definition) is 6. The zero-order valence-corrected chi connectivity index (χ0v) is 20.7. The molecule has 4 atom stereocenters. The van der Waals surface area contributed by atoms with Gasteiger partial charge in [0.05, 0.1) is 23.7 Å². The molecule has 1 aliphatic carbocycles. The number of nitrogens with zero attached hydrogens (tertiary/aromatic N) is 2. The molecule has 0 aromatic heterocycles. The van der Waals surface area contributed by atoms with E-state index in [1.807, 2.05) is 7.05 Å². The number of halogens is 2. The van der Waals surface area contributed by atoms with E-state index >= 15 is 8.78 Å². The lowest BCUT2D eigenvalue weighted by atomic mass is 9.88. The van der Waals surface area contributed by atoms with Crippen LogP contribution in [0.2, 0.25) is 0 Å². The van der Waals surface area contributed by atoms with E-state index in [4.69, 9.17) is 10.7 Å². The maximum absolute atomic E-state index is 16.1. The van der Waals surface area contributed by atoms with Crippen molar-refractivity contribution >= 4 is 22.3 Å². The number of rotatable bonds is 2. The summed E-state index contributed by atoms with van der Waals surface area (Å²) in [6.07, 6.45) is 5.82. The zero-order valence-electron chi connectivity index (χ0n) is 20.7. The van der Waals surface area contributed by atoms with E-state index in [0.29, 0.717) is 46.8 Å². The van der Waals surface area contributed by atoms with Gasteiger partial charge in [0, 0.05) is 31.2 Å². The molecular formula is C28H35F2N5O. The minimum absolute atomic E-state index is 0.0149. The van der Waals surface area contributed by atoms with Crippen LogP contribution in [0.15, 0.2) is 35.1 Å². The van der Waals surface area contributed by atoms with Crippen molar-refractivity contribution in [2.75, 3.05) is 26.7 Å². The van der Waals surface area contributed by atoms with Crippen molar-refractivity contribution in [1.29, 1.82) is 0 Å². The number of aromatic hydroxyl groups is 1. The molecule has 2 aromatic rings. The second-order valence-electron chi connectivity index (χ2n) is 10.9. The first kappa shape index (κ1) is 23.7. The lowest BCUT2D eigenvalue weighted by Crippen LogP contribution is -2.53. The number of nitrogens with one attached hydrogen (secondary N) is 2. The van der Waals surface area contributed by atoms with E-state index in [9.17, 15) is 5.11 Å². The molecule has 5 aliphatic rings. The number of phenols is 1. The molecule has 0 spiro atoms. The SMILES string of the molecule is CNC1CCCCN(/C2=N/[C@H](C3CC3)Cc3c(F)ccc4cc(O)cc(c34)C3=C(F)C(N)C2CN3)C1. The molecule has 7 rings (SSSR count). The van der Waals surface area contributed by atoms with E-state index in [1.165, 1.54) is 12.1 Å². The molecule has 2 bridgehead atoms. The lowest BCUT2D eigenvalue weighted by Gasteiger charge is -2.38. The number of likely N-dealkylation sites (N-methyl/N-ethyl adjacent to an activating group) is 1. The van der Waals surface area contributed by atoms with Crippen LogP contribution >= 0.6 is 0 Å². The molecule has 8 heteroatoms. The number of fused-ring (bicyclic) bond motifs is 4. The fourth-order valence-electron chi connectivity index (χ4n) is 6.31. The van der Waals surface area contributed by atoms with Gasteiger partial charge in [0.2, 0.25) is 0 Å². The van der Waals surface area contributed by atoms with Crippen molar-refractivity contribution in [3.05, 3.63) is 47.0 Å². The molecule has 1 saturated heterocycles. The standard InChI is InChI=1S/C28H35F2N5O/c1-32-17-4-2-3-9-35(14-17)28-21-13-33-27(25(30)26(21)31)20-11-18(36)10-16-7-8-22(29)19(24(16)20)12-23(34-28)15-5-6-15/h7-8,10-11,15,17,21,23,26,32-33,36H,2-6,9,12-14,31H2,1H3/b34-28+/t17?,21?,23-,26?/m0/s1. The molecule has 2 aromatic carbocycles. The molecule has 3 unspecified atom stereocenters. The summed E-state index contributed by atoms with van der Waals surface area (Å²) in [5.41, 5.74) is 7.88. The van der Waals surface area contributed by atoms with Gasteiger partial charge in [-0.1, -0.05) is 12.5 Å². The summed E-state index contributed by atoms with van der Waals surface area (Å²) in [6.45, 7) is 2.09. The number of phenolic OH excluding ortho intramolecular Hbond substituents is 1. The van der Waals surface area contributed by atoms with Gasteiger partial charge in [-0.15, -0.1) is 0 Å². The zero-order chi connectivity index (χ0) is 25.0. The van der Waals surface area contributed by atoms with E-state index in [0.717, 1.165) is 51.0 Å². The van der Waals surface area contributed by atoms with Crippen LogP contribution < -0.4 is 16.4 Å².